The van der Waals surface area contributed by atoms with Crippen molar-refractivity contribution in [1.29, 1.82) is 0 Å². The van der Waals surface area contributed by atoms with E-state index in [-0.39, 0.29) is 11.7 Å². The van der Waals surface area contributed by atoms with E-state index in [4.69, 9.17) is 0 Å². The Morgan fingerprint density at radius 3 is 2.68 bits per heavy atom. The molecule has 0 aliphatic carbocycles. The number of anilines is 1. The fraction of sp³-hybridized carbons (Fsp3) is 0.348. The van der Waals surface area contributed by atoms with Gasteiger partial charge in [0.15, 0.2) is 0 Å². The van der Waals surface area contributed by atoms with Crippen molar-refractivity contribution in [3.8, 4) is 5.75 Å². The quantitative estimate of drug-likeness (QED) is 0.838. The maximum atomic E-state index is 13.1. The lowest BCUT2D eigenvalue weighted by molar-refractivity contribution is -0.119. The number of fused-ring (bicyclic) bond motifs is 1. The summed E-state index contributed by atoms with van der Waals surface area (Å²) in [5.41, 5.74) is 3.49. The molecule has 0 fully saturated rings. The molecule has 0 saturated carbocycles. The number of hydrogen-bond donors (Lipinski definition) is 1. The summed E-state index contributed by atoms with van der Waals surface area (Å²) in [4.78, 5) is 18.5. The molecule has 2 aliphatic heterocycles. The van der Waals surface area contributed by atoms with Crippen molar-refractivity contribution in [3.63, 3.8) is 0 Å². The van der Waals surface area contributed by atoms with Crippen LogP contribution in [0.4, 0.5) is 5.69 Å². The van der Waals surface area contributed by atoms with Crippen LogP contribution in [0.1, 0.15) is 25.3 Å². The van der Waals surface area contributed by atoms with Gasteiger partial charge in [-0.05, 0) is 48.2 Å². The number of phenols is 1. The molecule has 0 spiro atoms. The van der Waals surface area contributed by atoms with Crippen LogP contribution < -0.4 is 4.90 Å². The Morgan fingerprint density at radius 1 is 1.14 bits per heavy atom. The average Bonchev–Trinajstić information content (AvgIpc) is 2.87. The van der Waals surface area contributed by atoms with Gasteiger partial charge in [-0.15, -0.1) is 11.8 Å². The summed E-state index contributed by atoms with van der Waals surface area (Å²) in [5, 5.41) is 9.97. The van der Waals surface area contributed by atoms with Gasteiger partial charge in [-0.25, -0.2) is 0 Å². The molecule has 2 aromatic carbocycles. The van der Waals surface area contributed by atoms with Gasteiger partial charge in [-0.3, -0.25) is 9.69 Å². The second kappa shape index (κ2) is 8.41. The molecule has 0 saturated heterocycles. The number of benzene rings is 2. The first-order valence-electron chi connectivity index (χ1n) is 9.87. The van der Waals surface area contributed by atoms with Gasteiger partial charge in [0.1, 0.15) is 5.75 Å². The molecule has 0 unspecified atom stereocenters. The molecule has 2 aromatic rings. The second-order valence-electron chi connectivity index (χ2n) is 7.49. The highest BCUT2D eigenvalue weighted by atomic mass is 32.2. The number of para-hydroxylation sites is 1. The van der Waals surface area contributed by atoms with Gasteiger partial charge in [0.2, 0.25) is 5.91 Å². The first kappa shape index (κ1) is 19.1. The van der Waals surface area contributed by atoms with E-state index >= 15 is 0 Å². The Bertz CT molecular complexity index is 878. The second-order valence-corrected chi connectivity index (χ2v) is 8.97. The summed E-state index contributed by atoms with van der Waals surface area (Å²) >= 11 is 1.86. The molecule has 4 rings (SSSR count). The molecule has 5 heteroatoms. The monoisotopic (exact) mass is 394 g/mol. The zero-order valence-corrected chi connectivity index (χ0v) is 17.0. The van der Waals surface area contributed by atoms with Crippen molar-refractivity contribution in [2.24, 2.45) is 0 Å². The standard InChI is InChI=1S/C23H26N2O2S/c1-17-10-15-25(21-4-2-3-5-22(21)28-17)23(27)16-24-13-11-19(12-14-24)18-6-8-20(26)9-7-18/h2-9,11,17,26H,10,12-16H2,1H3/t17-/m0/s1. The van der Waals surface area contributed by atoms with Crippen molar-refractivity contribution in [2.75, 3.05) is 31.1 Å². The number of carbonyl (C=O) groups excluding carboxylic acids is 1. The van der Waals surface area contributed by atoms with Gasteiger partial charge < -0.3 is 10.0 Å². The highest BCUT2D eigenvalue weighted by Gasteiger charge is 2.26. The SMILES string of the molecule is C[C@H]1CCN(C(=O)CN2CC=C(c3ccc(O)cc3)CC2)c2ccccc2S1. The van der Waals surface area contributed by atoms with Gasteiger partial charge in [-0.2, -0.15) is 0 Å². The Kier molecular flexibility index (Phi) is 5.74. The fourth-order valence-corrected chi connectivity index (χ4v) is 4.93. The third kappa shape index (κ3) is 4.26. The Labute approximate surface area is 170 Å². The van der Waals surface area contributed by atoms with Crippen LogP contribution in [0.25, 0.3) is 5.57 Å². The summed E-state index contributed by atoms with van der Waals surface area (Å²) in [6.07, 6.45) is 4.13. The van der Waals surface area contributed by atoms with Crippen LogP contribution in [0.15, 0.2) is 59.5 Å². The van der Waals surface area contributed by atoms with Crippen LogP contribution in [-0.4, -0.2) is 47.3 Å². The summed E-state index contributed by atoms with van der Waals surface area (Å²) in [5.74, 6) is 0.473. The molecule has 0 aromatic heterocycles. The Balaban J connectivity index is 1.43. The van der Waals surface area contributed by atoms with Crippen LogP contribution in [0.2, 0.25) is 0 Å². The normalized spacial score (nSPS) is 20.2. The molecule has 0 radical (unpaired) electrons. The summed E-state index contributed by atoms with van der Waals surface area (Å²) in [6, 6.07) is 15.6. The zero-order valence-electron chi connectivity index (χ0n) is 16.2. The number of thioether (sulfide) groups is 1. The van der Waals surface area contributed by atoms with Crippen molar-refractivity contribution in [2.45, 2.75) is 29.9 Å². The predicted molar refractivity (Wildman–Crippen MR) is 116 cm³/mol. The summed E-state index contributed by atoms with van der Waals surface area (Å²) in [6.45, 7) is 5.12. The molecular formula is C23H26N2O2S. The van der Waals surface area contributed by atoms with Gasteiger partial charge in [0, 0.05) is 29.8 Å². The van der Waals surface area contributed by atoms with E-state index in [0.717, 1.165) is 43.7 Å². The third-order valence-electron chi connectivity index (χ3n) is 5.43. The van der Waals surface area contributed by atoms with Gasteiger partial charge in [0.25, 0.3) is 0 Å². The lowest BCUT2D eigenvalue weighted by Crippen LogP contribution is -2.42. The average molecular weight is 395 g/mol. The highest BCUT2D eigenvalue weighted by molar-refractivity contribution is 8.00. The summed E-state index contributed by atoms with van der Waals surface area (Å²) in [7, 11) is 0. The molecule has 0 bridgehead atoms. The number of phenolic OH excluding ortho intramolecular Hbond substituents is 1. The van der Waals surface area contributed by atoms with Crippen molar-refractivity contribution < 1.29 is 9.90 Å². The predicted octanol–water partition coefficient (Wildman–Crippen LogP) is 4.40. The number of aromatic hydroxyl groups is 1. The van der Waals surface area contributed by atoms with E-state index in [1.807, 2.05) is 40.9 Å². The first-order valence-corrected chi connectivity index (χ1v) is 10.7. The molecule has 28 heavy (non-hydrogen) atoms. The van der Waals surface area contributed by atoms with E-state index < -0.39 is 0 Å². The molecule has 146 valence electrons. The van der Waals surface area contributed by atoms with Gasteiger partial charge >= 0.3 is 0 Å². The van der Waals surface area contributed by atoms with Crippen LogP contribution in [-0.2, 0) is 4.79 Å². The molecule has 4 nitrogen and oxygen atoms in total. The minimum absolute atomic E-state index is 0.184. The van der Waals surface area contributed by atoms with Crippen LogP contribution in [0.3, 0.4) is 0 Å². The number of rotatable bonds is 3. The lowest BCUT2D eigenvalue weighted by Gasteiger charge is -2.29. The van der Waals surface area contributed by atoms with Gasteiger partial charge in [0.05, 0.1) is 12.2 Å². The fourth-order valence-electron chi connectivity index (χ4n) is 3.82. The van der Waals surface area contributed by atoms with E-state index in [0.29, 0.717) is 11.8 Å². The van der Waals surface area contributed by atoms with Crippen LogP contribution in [0, 0.1) is 0 Å². The summed E-state index contributed by atoms with van der Waals surface area (Å²) < 4.78 is 0. The number of amides is 1. The molecule has 1 amide bonds. The highest BCUT2D eigenvalue weighted by Crippen LogP contribution is 2.37. The maximum absolute atomic E-state index is 13.1. The van der Waals surface area contributed by atoms with Crippen LogP contribution in [0.5, 0.6) is 5.75 Å². The van der Waals surface area contributed by atoms with Crippen molar-refractivity contribution >= 4 is 28.9 Å². The number of carbonyl (C=O) groups is 1. The van der Waals surface area contributed by atoms with Crippen LogP contribution >= 0.6 is 11.8 Å². The van der Waals surface area contributed by atoms with Crippen molar-refractivity contribution in [1.82, 2.24) is 4.90 Å². The number of hydrogen-bond acceptors (Lipinski definition) is 4. The third-order valence-corrected chi connectivity index (χ3v) is 6.67. The van der Waals surface area contributed by atoms with Gasteiger partial charge in [-0.1, -0.05) is 37.3 Å². The van der Waals surface area contributed by atoms with E-state index in [2.05, 4.69) is 30.0 Å². The maximum Gasteiger partial charge on any atom is 0.241 e. The molecule has 2 heterocycles. The lowest BCUT2D eigenvalue weighted by atomic mass is 9.99. The molecule has 1 atom stereocenters. The Morgan fingerprint density at radius 2 is 1.93 bits per heavy atom. The minimum atomic E-state index is 0.184. The Hall–Kier alpha value is -2.24. The molecule has 2 aliphatic rings. The van der Waals surface area contributed by atoms with E-state index in [1.54, 1.807) is 12.1 Å². The molecular weight excluding hydrogens is 368 g/mol. The van der Waals surface area contributed by atoms with E-state index in [9.17, 15) is 9.90 Å². The zero-order chi connectivity index (χ0) is 19.5. The topological polar surface area (TPSA) is 43.8 Å². The smallest absolute Gasteiger partial charge is 0.241 e. The largest absolute Gasteiger partial charge is 0.508 e. The minimum Gasteiger partial charge on any atom is -0.508 e. The molecule has 1 N–H and O–H groups in total. The number of nitrogens with zero attached hydrogens (tertiary/aromatic N) is 2. The van der Waals surface area contributed by atoms with E-state index in [1.165, 1.54) is 10.5 Å². The first-order chi connectivity index (χ1) is 13.6. The van der Waals surface area contributed by atoms with Crippen molar-refractivity contribution in [3.05, 3.63) is 60.2 Å².